The van der Waals surface area contributed by atoms with Gasteiger partial charge in [0.2, 0.25) is 5.91 Å². The molecule has 0 aromatic carbocycles. The van der Waals surface area contributed by atoms with Gasteiger partial charge in [-0.3, -0.25) is 24.8 Å². The molecule has 3 aromatic heterocycles. The summed E-state index contributed by atoms with van der Waals surface area (Å²) in [4.78, 5) is 33.5. The third-order valence-corrected chi connectivity index (χ3v) is 7.01. The van der Waals surface area contributed by atoms with E-state index in [4.69, 9.17) is 0 Å². The Kier molecular flexibility index (Phi) is 7.33. The van der Waals surface area contributed by atoms with Crippen LogP contribution in [0.1, 0.15) is 68.3 Å². The van der Waals surface area contributed by atoms with Crippen LogP contribution in [0.15, 0.2) is 30.6 Å². The number of hydrogen-bond donors (Lipinski definition) is 3. The van der Waals surface area contributed by atoms with Crippen LogP contribution < -0.4 is 5.32 Å². The number of hydrogen-bond acceptors (Lipinski definition) is 5. The fourth-order valence-electron chi connectivity index (χ4n) is 5.13. The Bertz CT molecular complexity index is 1120. The first-order valence-electron chi connectivity index (χ1n) is 12.4. The fraction of sp³-hybridized carbons (Fsp3) is 0.500. The monoisotopic (exact) mass is 477 g/mol. The summed E-state index contributed by atoms with van der Waals surface area (Å²) >= 11 is 0. The molecule has 3 N–H and O–H groups in total. The van der Waals surface area contributed by atoms with Gasteiger partial charge in [0.15, 0.2) is 0 Å². The summed E-state index contributed by atoms with van der Waals surface area (Å²) in [6.45, 7) is 10.0. The molecule has 1 aliphatic rings. The number of nitrogens with zero attached hydrogens (tertiary/aromatic N) is 4. The molecule has 0 radical (unpaired) electrons. The molecule has 0 spiro atoms. The topological polar surface area (TPSA) is 120 Å². The molecule has 9 nitrogen and oxygen atoms in total. The second-order valence-corrected chi connectivity index (χ2v) is 9.97. The molecule has 0 saturated heterocycles. The second kappa shape index (κ2) is 10.4. The molecule has 1 saturated carbocycles. The molecule has 1 fully saturated rings. The molecule has 1 atom stereocenters. The summed E-state index contributed by atoms with van der Waals surface area (Å²) in [5.74, 6) is 0.327. The maximum atomic E-state index is 13.8. The first kappa shape index (κ1) is 24.6. The van der Waals surface area contributed by atoms with Gasteiger partial charge in [-0.25, -0.2) is 0 Å². The zero-order valence-corrected chi connectivity index (χ0v) is 21.1. The van der Waals surface area contributed by atoms with Gasteiger partial charge in [-0.2, -0.15) is 10.2 Å². The summed E-state index contributed by atoms with van der Waals surface area (Å²) < 4.78 is 0. The van der Waals surface area contributed by atoms with E-state index in [2.05, 4.69) is 37.6 Å². The van der Waals surface area contributed by atoms with Crippen molar-refractivity contribution in [3.63, 3.8) is 0 Å². The molecule has 1 unspecified atom stereocenters. The maximum Gasteiger partial charge on any atom is 0.272 e. The van der Waals surface area contributed by atoms with E-state index in [1.54, 1.807) is 23.4 Å². The normalized spacial score (nSPS) is 18.9. The number of anilines is 1. The van der Waals surface area contributed by atoms with Crippen LogP contribution in [0.5, 0.6) is 0 Å². The minimum absolute atomic E-state index is 0.0870. The highest BCUT2D eigenvalue weighted by Crippen LogP contribution is 2.34. The Morgan fingerprint density at radius 1 is 1.09 bits per heavy atom. The van der Waals surface area contributed by atoms with E-state index in [9.17, 15) is 9.59 Å². The number of rotatable bonds is 7. The van der Waals surface area contributed by atoms with E-state index in [1.165, 1.54) is 0 Å². The van der Waals surface area contributed by atoms with E-state index < -0.39 is 6.04 Å². The minimum Gasteiger partial charge on any atom is -0.323 e. The standard InChI is InChI=1S/C26H35N7O2/c1-15(2)33(26(35)22-12-13-28-32-22)24(19-8-6-16(3)7-9-19)25(34)29-20-10-11-21(27-14-20)23-17(4)30-31-18(23)5/h10-16,19,24H,6-9H2,1-5H3,(H,28,32)(H,29,34)(H,30,31). The molecule has 35 heavy (non-hydrogen) atoms. The minimum atomic E-state index is -0.587. The van der Waals surface area contributed by atoms with E-state index in [0.29, 0.717) is 17.3 Å². The van der Waals surface area contributed by atoms with Gasteiger partial charge in [-0.05, 0) is 70.6 Å². The van der Waals surface area contributed by atoms with Crippen LogP contribution >= 0.6 is 0 Å². The van der Waals surface area contributed by atoms with E-state index in [0.717, 1.165) is 48.3 Å². The van der Waals surface area contributed by atoms with Crippen LogP contribution in [0.25, 0.3) is 11.3 Å². The zero-order chi connectivity index (χ0) is 25.1. The highest BCUT2D eigenvalue weighted by molar-refractivity contribution is 6.00. The lowest BCUT2D eigenvalue weighted by molar-refractivity contribution is -0.123. The molecular weight excluding hydrogens is 442 g/mol. The molecule has 0 bridgehead atoms. The summed E-state index contributed by atoms with van der Waals surface area (Å²) in [6.07, 6.45) is 7.15. The average Bonchev–Trinajstić information content (AvgIpc) is 3.48. The van der Waals surface area contributed by atoms with E-state index in [1.807, 2.05) is 39.8 Å². The quantitative estimate of drug-likeness (QED) is 0.463. The largest absolute Gasteiger partial charge is 0.323 e. The van der Waals surface area contributed by atoms with Gasteiger partial charge in [0.05, 0.1) is 23.3 Å². The molecule has 4 rings (SSSR count). The van der Waals surface area contributed by atoms with Gasteiger partial charge in [0.25, 0.3) is 5.91 Å². The zero-order valence-electron chi connectivity index (χ0n) is 21.1. The van der Waals surface area contributed by atoms with Crippen molar-refractivity contribution in [3.8, 4) is 11.3 Å². The van der Waals surface area contributed by atoms with Crippen LogP contribution in [0.2, 0.25) is 0 Å². The van der Waals surface area contributed by atoms with Crippen LogP contribution in [0, 0.1) is 25.7 Å². The fourth-order valence-corrected chi connectivity index (χ4v) is 5.13. The molecule has 0 aliphatic heterocycles. The van der Waals surface area contributed by atoms with Gasteiger partial charge in [-0.15, -0.1) is 0 Å². The predicted octanol–water partition coefficient (Wildman–Crippen LogP) is 4.50. The summed E-state index contributed by atoms with van der Waals surface area (Å²) in [7, 11) is 0. The first-order chi connectivity index (χ1) is 16.8. The number of aromatic nitrogens is 5. The van der Waals surface area contributed by atoms with Crippen molar-refractivity contribution in [2.24, 2.45) is 11.8 Å². The average molecular weight is 478 g/mol. The van der Waals surface area contributed by atoms with Crippen molar-refractivity contribution >= 4 is 17.5 Å². The van der Waals surface area contributed by atoms with Crippen LogP contribution in [-0.2, 0) is 4.79 Å². The van der Waals surface area contributed by atoms with Gasteiger partial charge in [0.1, 0.15) is 11.7 Å². The lowest BCUT2D eigenvalue weighted by atomic mass is 9.78. The van der Waals surface area contributed by atoms with Crippen molar-refractivity contribution in [2.75, 3.05) is 5.32 Å². The van der Waals surface area contributed by atoms with Crippen molar-refractivity contribution in [3.05, 3.63) is 47.7 Å². The van der Waals surface area contributed by atoms with Gasteiger partial charge >= 0.3 is 0 Å². The van der Waals surface area contributed by atoms with Crippen LogP contribution in [-0.4, -0.2) is 54.2 Å². The number of aryl methyl sites for hydroxylation is 2. The molecule has 9 heteroatoms. The predicted molar refractivity (Wildman–Crippen MR) is 135 cm³/mol. The Labute approximate surface area is 206 Å². The Morgan fingerprint density at radius 2 is 1.83 bits per heavy atom. The molecule has 2 amide bonds. The second-order valence-electron chi connectivity index (χ2n) is 9.97. The van der Waals surface area contributed by atoms with Crippen molar-refractivity contribution in [1.82, 2.24) is 30.3 Å². The van der Waals surface area contributed by atoms with Crippen LogP contribution in [0.3, 0.4) is 0 Å². The third kappa shape index (κ3) is 5.28. The number of carbonyl (C=O) groups is 2. The molecule has 186 valence electrons. The lowest BCUT2D eigenvalue weighted by Gasteiger charge is -2.40. The molecular formula is C26H35N7O2. The smallest absolute Gasteiger partial charge is 0.272 e. The number of amides is 2. The summed E-state index contributed by atoms with van der Waals surface area (Å²) in [6, 6.07) is 4.64. The van der Waals surface area contributed by atoms with Gasteiger partial charge < -0.3 is 10.2 Å². The van der Waals surface area contributed by atoms with E-state index in [-0.39, 0.29) is 23.8 Å². The van der Waals surface area contributed by atoms with Crippen molar-refractivity contribution < 1.29 is 9.59 Å². The van der Waals surface area contributed by atoms with Crippen LogP contribution in [0.4, 0.5) is 5.69 Å². The van der Waals surface area contributed by atoms with Gasteiger partial charge in [0, 0.05) is 23.5 Å². The summed E-state index contributed by atoms with van der Waals surface area (Å²) in [5, 5.41) is 17.0. The Hall–Kier alpha value is -3.49. The number of aromatic amines is 2. The SMILES string of the molecule is Cc1n[nH]c(C)c1-c1ccc(NC(=O)C(C2CCC(C)CC2)N(C(=O)c2ccn[nH]2)C(C)C)cn1. The summed E-state index contributed by atoms with van der Waals surface area (Å²) in [5.41, 5.74) is 4.57. The van der Waals surface area contributed by atoms with Crippen molar-refractivity contribution in [2.45, 2.75) is 72.4 Å². The van der Waals surface area contributed by atoms with E-state index >= 15 is 0 Å². The highest BCUT2D eigenvalue weighted by Gasteiger charge is 2.40. The Morgan fingerprint density at radius 3 is 2.37 bits per heavy atom. The number of nitrogens with one attached hydrogen (secondary N) is 3. The first-order valence-corrected chi connectivity index (χ1v) is 12.4. The number of pyridine rings is 1. The number of H-pyrrole nitrogens is 2. The highest BCUT2D eigenvalue weighted by atomic mass is 16.2. The van der Waals surface area contributed by atoms with Crippen molar-refractivity contribution in [1.29, 1.82) is 0 Å². The maximum absolute atomic E-state index is 13.8. The lowest BCUT2D eigenvalue weighted by Crippen LogP contribution is -2.54. The molecule has 1 aliphatic carbocycles. The molecule has 3 aromatic rings. The third-order valence-electron chi connectivity index (χ3n) is 7.01. The molecule has 3 heterocycles. The van der Waals surface area contributed by atoms with Gasteiger partial charge in [-0.1, -0.05) is 19.8 Å². The Balaban J connectivity index is 1.60. The number of carbonyl (C=O) groups excluding carboxylic acids is 2.